The number of hydrogen-bond donors (Lipinski definition) is 0. The lowest BCUT2D eigenvalue weighted by Crippen LogP contribution is -2.02. The Kier molecular flexibility index (Phi) is 2.56. The molecular formula is C10H5NO5S-2. The molecule has 0 unspecified atom stereocenters. The van der Waals surface area contributed by atoms with E-state index in [0.717, 1.165) is 0 Å². The van der Waals surface area contributed by atoms with E-state index in [9.17, 15) is 23.0 Å². The quantitative estimate of drug-likeness (QED) is 0.588. The van der Waals surface area contributed by atoms with Crippen LogP contribution in [-0.2, 0) is 10.1 Å². The normalized spacial score (nSPS) is 11.6. The maximum Gasteiger partial charge on any atom is 0.125 e. The number of nitroso groups, excluding NO2 is 1. The van der Waals surface area contributed by atoms with Crippen LogP contribution in [0.2, 0.25) is 0 Å². The molecule has 0 spiro atoms. The topological polar surface area (TPSA) is 110 Å². The summed E-state index contributed by atoms with van der Waals surface area (Å²) in [5, 5.41) is 14.1. The van der Waals surface area contributed by atoms with Gasteiger partial charge in [0.25, 0.3) is 0 Å². The molecule has 0 aromatic heterocycles. The van der Waals surface area contributed by atoms with Gasteiger partial charge >= 0.3 is 0 Å². The predicted molar refractivity (Wildman–Crippen MR) is 56.8 cm³/mol. The van der Waals surface area contributed by atoms with Crippen molar-refractivity contribution in [1.82, 2.24) is 0 Å². The van der Waals surface area contributed by atoms with E-state index in [1.54, 1.807) is 0 Å². The molecule has 0 aliphatic heterocycles. The molecular weight excluding hydrogens is 246 g/mol. The van der Waals surface area contributed by atoms with Gasteiger partial charge < -0.3 is 9.66 Å². The Balaban J connectivity index is 3.04. The van der Waals surface area contributed by atoms with E-state index < -0.39 is 26.5 Å². The summed E-state index contributed by atoms with van der Waals surface area (Å²) in [6.07, 6.45) is 0. The van der Waals surface area contributed by atoms with Crippen LogP contribution in [0.4, 0.5) is 5.69 Å². The second-order valence-electron chi connectivity index (χ2n) is 3.31. The molecule has 0 bridgehead atoms. The standard InChI is InChI=1S/C10H7NO5S/c12-10-7-4-2-1-3-6(7)9(17(14,15)16)5-8(10)11-13/h1-5,12H,(H,14,15,16)/p-2. The van der Waals surface area contributed by atoms with Crippen LogP contribution in [0, 0.1) is 4.91 Å². The van der Waals surface area contributed by atoms with Gasteiger partial charge in [-0.2, -0.15) is 0 Å². The van der Waals surface area contributed by atoms with Gasteiger partial charge in [-0.15, -0.1) is 4.91 Å². The molecule has 2 rings (SSSR count). The first-order valence-corrected chi connectivity index (χ1v) is 5.88. The smallest absolute Gasteiger partial charge is 0.125 e. The number of fused-ring (bicyclic) bond motifs is 1. The highest BCUT2D eigenvalue weighted by atomic mass is 32.2. The molecule has 0 amide bonds. The second kappa shape index (κ2) is 3.79. The average molecular weight is 251 g/mol. The van der Waals surface area contributed by atoms with Crippen molar-refractivity contribution < 1.29 is 18.1 Å². The van der Waals surface area contributed by atoms with Crippen LogP contribution in [0.5, 0.6) is 5.75 Å². The SMILES string of the molecule is O=Nc1cc(S(=O)(=O)[O-])c2ccccc2c1[O-]. The van der Waals surface area contributed by atoms with Crippen LogP contribution in [0.1, 0.15) is 0 Å². The first-order valence-electron chi connectivity index (χ1n) is 4.47. The molecule has 6 nitrogen and oxygen atoms in total. The third kappa shape index (κ3) is 1.85. The zero-order valence-electron chi connectivity index (χ0n) is 8.28. The molecule has 2 aromatic carbocycles. The molecule has 0 saturated carbocycles. The van der Waals surface area contributed by atoms with Crippen molar-refractivity contribution in [2.24, 2.45) is 5.18 Å². The molecule has 17 heavy (non-hydrogen) atoms. The fourth-order valence-electron chi connectivity index (χ4n) is 1.58. The van der Waals surface area contributed by atoms with Crippen molar-refractivity contribution >= 4 is 26.6 Å². The van der Waals surface area contributed by atoms with Gasteiger partial charge in [0, 0.05) is 0 Å². The van der Waals surface area contributed by atoms with Crippen LogP contribution < -0.4 is 5.11 Å². The Morgan fingerprint density at radius 3 is 2.24 bits per heavy atom. The van der Waals surface area contributed by atoms with Gasteiger partial charge in [-0.3, -0.25) is 0 Å². The van der Waals surface area contributed by atoms with Crippen molar-refractivity contribution in [2.75, 3.05) is 0 Å². The first-order chi connectivity index (χ1) is 7.95. The van der Waals surface area contributed by atoms with Crippen LogP contribution in [0.3, 0.4) is 0 Å². The van der Waals surface area contributed by atoms with Crippen molar-refractivity contribution in [3.05, 3.63) is 35.2 Å². The zero-order valence-corrected chi connectivity index (χ0v) is 9.10. The number of rotatable bonds is 2. The molecule has 0 fully saturated rings. The molecule has 0 aliphatic rings. The van der Waals surface area contributed by atoms with Crippen molar-refractivity contribution in [3.8, 4) is 5.75 Å². The highest BCUT2D eigenvalue weighted by Crippen LogP contribution is 2.36. The lowest BCUT2D eigenvalue weighted by Gasteiger charge is -2.17. The van der Waals surface area contributed by atoms with E-state index in [1.165, 1.54) is 24.3 Å². The lowest BCUT2D eigenvalue weighted by molar-refractivity contribution is -0.264. The molecule has 2 aromatic rings. The minimum atomic E-state index is -4.77. The van der Waals surface area contributed by atoms with Crippen molar-refractivity contribution in [2.45, 2.75) is 4.90 Å². The van der Waals surface area contributed by atoms with Crippen LogP contribution in [-0.4, -0.2) is 13.0 Å². The number of benzene rings is 2. The van der Waals surface area contributed by atoms with Crippen LogP contribution in [0.15, 0.2) is 40.4 Å². The van der Waals surface area contributed by atoms with E-state index in [2.05, 4.69) is 5.18 Å². The summed E-state index contributed by atoms with van der Waals surface area (Å²) in [5.41, 5.74) is -0.585. The third-order valence-electron chi connectivity index (χ3n) is 2.31. The summed E-state index contributed by atoms with van der Waals surface area (Å²) in [6.45, 7) is 0. The number of nitrogens with zero attached hydrogens (tertiary/aromatic N) is 1. The maximum absolute atomic E-state index is 11.6. The summed E-state index contributed by atoms with van der Waals surface area (Å²) in [5.74, 6) is -0.692. The molecule has 0 atom stereocenters. The van der Waals surface area contributed by atoms with Gasteiger partial charge in [-0.05, 0) is 22.0 Å². The summed E-state index contributed by atoms with van der Waals surface area (Å²) >= 11 is 0. The van der Waals surface area contributed by atoms with E-state index in [0.29, 0.717) is 6.07 Å². The number of hydrogen-bond acceptors (Lipinski definition) is 6. The average Bonchev–Trinajstić information content (AvgIpc) is 2.28. The fourth-order valence-corrected chi connectivity index (χ4v) is 2.28. The van der Waals surface area contributed by atoms with Crippen molar-refractivity contribution in [1.29, 1.82) is 0 Å². The lowest BCUT2D eigenvalue weighted by atomic mass is 10.1. The molecule has 0 saturated heterocycles. The Morgan fingerprint density at radius 2 is 1.71 bits per heavy atom. The Bertz CT molecular complexity index is 708. The van der Waals surface area contributed by atoms with Gasteiger partial charge in [0.1, 0.15) is 15.8 Å². The van der Waals surface area contributed by atoms with Crippen molar-refractivity contribution in [3.63, 3.8) is 0 Å². The minimum Gasteiger partial charge on any atom is -0.871 e. The van der Waals surface area contributed by atoms with Crippen LogP contribution in [0.25, 0.3) is 10.8 Å². The zero-order chi connectivity index (χ0) is 12.6. The minimum absolute atomic E-state index is 0.0000926. The largest absolute Gasteiger partial charge is 0.871 e. The third-order valence-corrected chi connectivity index (χ3v) is 3.18. The maximum atomic E-state index is 11.6. The van der Waals surface area contributed by atoms with E-state index >= 15 is 0 Å². The fraction of sp³-hybridized carbons (Fsp3) is 0. The Morgan fingerprint density at radius 1 is 1.12 bits per heavy atom. The molecule has 0 radical (unpaired) electrons. The summed E-state index contributed by atoms with van der Waals surface area (Å²) in [7, 11) is -4.77. The van der Waals surface area contributed by atoms with Gasteiger partial charge in [-0.1, -0.05) is 30.0 Å². The Labute approximate surface area is 96.2 Å². The first kappa shape index (κ1) is 11.5. The van der Waals surface area contributed by atoms with E-state index in [-0.39, 0.29) is 10.8 Å². The van der Waals surface area contributed by atoms with E-state index in [4.69, 9.17) is 0 Å². The molecule has 0 heterocycles. The summed E-state index contributed by atoms with van der Waals surface area (Å²) in [4.78, 5) is 9.79. The van der Waals surface area contributed by atoms with Crippen LogP contribution >= 0.6 is 0 Å². The highest BCUT2D eigenvalue weighted by Gasteiger charge is 2.11. The molecule has 88 valence electrons. The highest BCUT2D eigenvalue weighted by molar-refractivity contribution is 7.86. The van der Waals surface area contributed by atoms with E-state index in [1.807, 2.05) is 0 Å². The molecule has 7 heteroatoms. The Hall–Kier alpha value is -1.99. The van der Waals surface area contributed by atoms with Gasteiger partial charge in [0.2, 0.25) is 0 Å². The monoisotopic (exact) mass is 251 g/mol. The molecule has 0 N–H and O–H groups in total. The van der Waals surface area contributed by atoms with Gasteiger partial charge in [0.05, 0.1) is 4.90 Å². The summed E-state index contributed by atoms with van der Waals surface area (Å²) < 4.78 is 33.1. The second-order valence-corrected chi connectivity index (χ2v) is 4.66. The molecule has 0 aliphatic carbocycles. The predicted octanol–water partition coefficient (Wildman–Crippen LogP) is 1.22. The summed E-state index contributed by atoms with van der Waals surface area (Å²) in [6, 6.07) is 6.36. The van der Waals surface area contributed by atoms with Gasteiger partial charge in [0.15, 0.2) is 0 Å². The van der Waals surface area contributed by atoms with Gasteiger partial charge in [-0.25, -0.2) is 8.42 Å².